The molecule has 1 aliphatic rings. The van der Waals surface area contributed by atoms with Crippen LogP contribution in [0.25, 0.3) is 11.4 Å². The van der Waals surface area contributed by atoms with Crippen LogP contribution < -0.4 is 10.2 Å². The number of alkyl halides is 6. The molecule has 0 saturated heterocycles. The summed E-state index contributed by atoms with van der Waals surface area (Å²) in [6, 6.07) is 8.85. The number of benzene rings is 2. The zero-order valence-electron chi connectivity index (χ0n) is 21.1. The number of anilines is 1. The monoisotopic (exact) mass is 564 g/mol. The predicted octanol–water partition coefficient (Wildman–Crippen LogP) is 4.92. The minimum absolute atomic E-state index is 0.00625. The SMILES string of the molecule is Cc1cc([C@H](C)NC(=O)c2c(C(F)(F)F)nn3c2N(Cc2ccc(C(F)(F)F)cc2)CC3)ccc1-c1nn[nH]n1. The maximum Gasteiger partial charge on any atom is 0.436 e. The molecular weight excluding hydrogens is 542 g/mol. The van der Waals surface area contributed by atoms with E-state index in [-0.39, 0.29) is 25.5 Å². The molecule has 40 heavy (non-hydrogen) atoms. The zero-order valence-corrected chi connectivity index (χ0v) is 21.1. The summed E-state index contributed by atoms with van der Waals surface area (Å²) in [5.74, 6) is -0.639. The lowest BCUT2D eigenvalue weighted by Crippen LogP contribution is -2.31. The van der Waals surface area contributed by atoms with Gasteiger partial charge in [-0.25, -0.2) is 4.68 Å². The summed E-state index contributed by atoms with van der Waals surface area (Å²) < 4.78 is 81.8. The molecule has 15 heteroatoms. The number of tetrazole rings is 1. The van der Waals surface area contributed by atoms with E-state index in [9.17, 15) is 31.1 Å². The second-order valence-electron chi connectivity index (χ2n) is 9.39. The molecule has 1 atom stereocenters. The van der Waals surface area contributed by atoms with E-state index in [0.29, 0.717) is 22.5 Å². The average molecular weight is 564 g/mol. The molecule has 0 fully saturated rings. The number of hydrogen-bond acceptors (Lipinski definition) is 6. The maximum absolute atomic E-state index is 14.0. The molecular formula is C25H22F6N8O. The molecule has 2 N–H and O–H groups in total. The molecule has 0 bridgehead atoms. The first kappa shape index (κ1) is 27.1. The lowest BCUT2D eigenvalue weighted by Gasteiger charge is -2.21. The number of fused-ring (bicyclic) bond motifs is 1. The van der Waals surface area contributed by atoms with Crippen molar-refractivity contribution in [2.24, 2.45) is 0 Å². The molecule has 4 aromatic rings. The summed E-state index contributed by atoms with van der Waals surface area (Å²) in [7, 11) is 0. The first-order chi connectivity index (χ1) is 18.8. The number of amides is 1. The number of carbonyl (C=O) groups is 1. The molecule has 5 rings (SSSR count). The molecule has 0 spiro atoms. The molecule has 0 saturated carbocycles. The fourth-order valence-corrected chi connectivity index (χ4v) is 4.67. The molecule has 0 radical (unpaired) electrons. The average Bonchev–Trinajstić information content (AvgIpc) is 3.61. The van der Waals surface area contributed by atoms with Gasteiger partial charge in [0.2, 0.25) is 5.82 Å². The molecule has 1 amide bonds. The first-order valence-corrected chi connectivity index (χ1v) is 12.1. The van der Waals surface area contributed by atoms with Crippen molar-refractivity contribution in [3.63, 3.8) is 0 Å². The molecule has 0 aliphatic carbocycles. The van der Waals surface area contributed by atoms with Crippen LogP contribution in [0.15, 0.2) is 42.5 Å². The van der Waals surface area contributed by atoms with E-state index in [0.717, 1.165) is 22.4 Å². The van der Waals surface area contributed by atoms with Gasteiger partial charge in [0.15, 0.2) is 5.69 Å². The van der Waals surface area contributed by atoms with Crippen molar-refractivity contribution in [3.8, 4) is 11.4 Å². The molecule has 2 aromatic heterocycles. The second-order valence-corrected chi connectivity index (χ2v) is 9.39. The number of nitrogens with one attached hydrogen (secondary N) is 2. The summed E-state index contributed by atoms with van der Waals surface area (Å²) in [5.41, 5.74) is -0.257. The highest BCUT2D eigenvalue weighted by molar-refractivity contribution is 6.01. The van der Waals surface area contributed by atoms with Crippen molar-refractivity contribution in [2.45, 2.75) is 45.3 Å². The van der Waals surface area contributed by atoms with Crippen molar-refractivity contribution in [2.75, 3.05) is 11.4 Å². The van der Waals surface area contributed by atoms with Crippen molar-refractivity contribution in [1.29, 1.82) is 0 Å². The third kappa shape index (κ3) is 5.22. The van der Waals surface area contributed by atoms with Crippen LogP contribution in [-0.2, 0) is 25.4 Å². The molecule has 2 aromatic carbocycles. The minimum Gasteiger partial charge on any atom is -0.350 e. The van der Waals surface area contributed by atoms with Crippen LogP contribution in [0.3, 0.4) is 0 Å². The van der Waals surface area contributed by atoms with Gasteiger partial charge < -0.3 is 10.2 Å². The lowest BCUT2D eigenvalue weighted by atomic mass is 10.0. The van der Waals surface area contributed by atoms with E-state index in [1.165, 1.54) is 17.0 Å². The number of aromatic amines is 1. The van der Waals surface area contributed by atoms with E-state index in [2.05, 4.69) is 31.0 Å². The Labute approximate surface area is 223 Å². The summed E-state index contributed by atoms with van der Waals surface area (Å²) in [4.78, 5) is 14.9. The van der Waals surface area contributed by atoms with Gasteiger partial charge in [0.05, 0.1) is 18.2 Å². The van der Waals surface area contributed by atoms with Gasteiger partial charge in [0, 0.05) is 18.7 Å². The number of aromatic nitrogens is 6. The summed E-state index contributed by atoms with van der Waals surface area (Å²) >= 11 is 0. The highest BCUT2D eigenvalue weighted by Gasteiger charge is 2.44. The first-order valence-electron chi connectivity index (χ1n) is 12.1. The molecule has 9 nitrogen and oxygen atoms in total. The quantitative estimate of drug-likeness (QED) is 0.322. The standard InChI is InChI=1S/C25H22F6N8O/c1-13-11-16(5-8-18(13)21-33-36-37-34-21)14(2)32-22(40)19-20(25(29,30)31)35-39-10-9-38(23(19)39)12-15-3-6-17(7-4-15)24(26,27)28/h3-8,11,14H,9-10,12H2,1-2H3,(H,32,40)(H,33,34,36,37)/t14-/m0/s1. The molecule has 1 aliphatic heterocycles. The highest BCUT2D eigenvalue weighted by atomic mass is 19.4. The number of hydrogen-bond donors (Lipinski definition) is 2. The summed E-state index contributed by atoms with van der Waals surface area (Å²) in [6.07, 6.45) is -9.42. The van der Waals surface area contributed by atoms with E-state index in [1.54, 1.807) is 32.0 Å². The fraction of sp³-hybridized carbons (Fsp3) is 0.320. The fourth-order valence-electron chi connectivity index (χ4n) is 4.67. The van der Waals surface area contributed by atoms with Gasteiger partial charge in [0.1, 0.15) is 11.4 Å². The Kier molecular flexibility index (Phi) is 6.75. The number of aryl methyl sites for hydroxylation is 1. The van der Waals surface area contributed by atoms with Crippen LogP contribution >= 0.6 is 0 Å². The Morgan fingerprint density at radius 1 is 1.05 bits per heavy atom. The van der Waals surface area contributed by atoms with Crippen molar-refractivity contribution in [1.82, 2.24) is 35.7 Å². The molecule has 210 valence electrons. The third-order valence-corrected chi connectivity index (χ3v) is 6.64. The molecule has 3 heterocycles. The van der Waals surface area contributed by atoms with Gasteiger partial charge in [-0.2, -0.15) is 36.7 Å². The highest BCUT2D eigenvalue weighted by Crippen LogP contribution is 2.39. The van der Waals surface area contributed by atoms with Crippen LogP contribution in [0.5, 0.6) is 0 Å². The van der Waals surface area contributed by atoms with Gasteiger partial charge >= 0.3 is 12.4 Å². The Balaban J connectivity index is 1.41. The smallest absolute Gasteiger partial charge is 0.350 e. The van der Waals surface area contributed by atoms with Crippen LogP contribution in [0, 0.1) is 6.92 Å². The zero-order chi connectivity index (χ0) is 28.8. The number of H-pyrrole nitrogens is 1. The van der Waals surface area contributed by atoms with Gasteiger partial charge in [-0.3, -0.25) is 4.79 Å². The van der Waals surface area contributed by atoms with Crippen molar-refractivity contribution in [3.05, 3.63) is 76.0 Å². The normalized spacial score (nSPS) is 14.3. The van der Waals surface area contributed by atoms with Gasteiger partial charge in [0.25, 0.3) is 5.91 Å². The van der Waals surface area contributed by atoms with Crippen LogP contribution in [-0.4, -0.2) is 42.9 Å². The Hall–Kier alpha value is -4.43. The molecule has 0 unspecified atom stereocenters. The lowest BCUT2D eigenvalue weighted by molar-refractivity contribution is -0.142. The van der Waals surface area contributed by atoms with Crippen LogP contribution in [0.2, 0.25) is 0 Å². The predicted molar refractivity (Wildman–Crippen MR) is 130 cm³/mol. The third-order valence-electron chi connectivity index (χ3n) is 6.64. The number of halogens is 6. The van der Waals surface area contributed by atoms with E-state index < -0.39 is 41.1 Å². The Morgan fingerprint density at radius 2 is 1.77 bits per heavy atom. The van der Waals surface area contributed by atoms with Gasteiger partial charge in [-0.15, -0.1) is 10.2 Å². The van der Waals surface area contributed by atoms with E-state index in [1.807, 2.05) is 0 Å². The van der Waals surface area contributed by atoms with Gasteiger partial charge in [-0.1, -0.05) is 30.3 Å². The van der Waals surface area contributed by atoms with Crippen molar-refractivity contribution >= 4 is 11.7 Å². The minimum atomic E-state index is -4.91. The Bertz CT molecular complexity index is 1530. The van der Waals surface area contributed by atoms with E-state index >= 15 is 0 Å². The number of rotatable bonds is 6. The van der Waals surface area contributed by atoms with Gasteiger partial charge in [-0.05, 0) is 47.9 Å². The second kappa shape index (κ2) is 9.95. The summed E-state index contributed by atoms with van der Waals surface area (Å²) in [5, 5.41) is 20.1. The van der Waals surface area contributed by atoms with Crippen molar-refractivity contribution < 1.29 is 31.1 Å². The van der Waals surface area contributed by atoms with Crippen LogP contribution in [0.4, 0.5) is 32.2 Å². The summed E-state index contributed by atoms with van der Waals surface area (Å²) in [6.45, 7) is 3.74. The topological polar surface area (TPSA) is 105 Å². The number of carbonyl (C=O) groups excluding carboxylic acids is 1. The Morgan fingerprint density at radius 3 is 2.38 bits per heavy atom. The largest absolute Gasteiger partial charge is 0.436 e. The van der Waals surface area contributed by atoms with Crippen LogP contribution in [0.1, 0.15) is 51.3 Å². The van der Waals surface area contributed by atoms with E-state index in [4.69, 9.17) is 0 Å². The number of nitrogens with zero attached hydrogens (tertiary/aromatic N) is 6. The maximum atomic E-state index is 14.0.